The summed E-state index contributed by atoms with van der Waals surface area (Å²) in [5.41, 5.74) is 0.566. The summed E-state index contributed by atoms with van der Waals surface area (Å²) in [4.78, 5) is 25.4. The summed E-state index contributed by atoms with van der Waals surface area (Å²) in [7, 11) is 0. The number of hydrogen-bond donors (Lipinski definition) is 2. The Morgan fingerprint density at radius 3 is 3.05 bits per heavy atom. The molecule has 0 aliphatic carbocycles. The Kier molecular flexibility index (Phi) is 4.03. The van der Waals surface area contributed by atoms with Gasteiger partial charge in [-0.1, -0.05) is 12.1 Å². The molecule has 0 unspecified atom stereocenters. The number of para-hydroxylation sites is 1. The highest BCUT2D eigenvalue weighted by Gasteiger charge is 2.19. The average molecular weight is 305 g/mol. The molecular weight excluding hydrogens is 290 g/mol. The average Bonchev–Trinajstić information content (AvgIpc) is 2.97. The molecule has 0 radical (unpaired) electrons. The van der Waals surface area contributed by atoms with Crippen LogP contribution >= 0.6 is 0 Å². The summed E-state index contributed by atoms with van der Waals surface area (Å²) in [6.07, 6.45) is -0.170. The van der Waals surface area contributed by atoms with E-state index in [1.54, 1.807) is 18.2 Å². The quantitative estimate of drug-likeness (QED) is 0.652. The summed E-state index contributed by atoms with van der Waals surface area (Å²) in [6.45, 7) is 1.85. The van der Waals surface area contributed by atoms with E-state index in [1.165, 1.54) is 6.07 Å². The van der Waals surface area contributed by atoms with E-state index in [-0.39, 0.29) is 23.4 Å². The number of carbonyl (C=O) groups excluding carboxylic acids is 1. The normalized spacial score (nSPS) is 18.3. The standard InChI is InChI=1S/C14H15N3O5/c18-14(15-7-10-8-21-4-5-22-10)11-6-9-2-1-3-12(17(19)20)13(9)16-11/h1-3,6,10,16H,4-5,7-8H2,(H,15,18)/t10-/m0/s1. The number of nitrogens with zero attached hydrogens (tertiary/aromatic N) is 1. The van der Waals surface area contributed by atoms with Crippen LogP contribution in [0.2, 0.25) is 0 Å². The first-order valence-corrected chi connectivity index (χ1v) is 6.89. The van der Waals surface area contributed by atoms with Gasteiger partial charge in [0.25, 0.3) is 11.6 Å². The first-order chi connectivity index (χ1) is 10.6. The van der Waals surface area contributed by atoms with Crippen molar-refractivity contribution in [3.63, 3.8) is 0 Å². The second-order valence-electron chi connectivity index (χ2n) is 4.96. The highest BCUT2D eigenvalue weighted by molar-refractivity contribution is 6.00. The Balaban J connectivity index is 1.73. The van der Waals surface area contributed by atoms with Crippen LogP contribution in [-0.4, -0.2) is 48.3 Å². The predicted molar refractivity (Wildman–Crippen MR) is 77.8 cm³/mol. The Morgan fingerprint density at radius 2 is 2.32 bits per heavy atom. The van der Waals surface area contributed by atoms with Crippen molar-refractivity contribution < 1.29 is 19.2 Å². The number of rotatable bonds is 4. The molecular formula is C14H15N3O5. The molecule has 2 N–H and O–H groups in total. The van der Waals surface area contributed by atoms with Crippen molar-refractivity contribution in [2.75, 3.05) is 26.4 Å². The predicted octanol–water partition coefficient (Wildman–Crippen LogP) is 1.22. The van der Waals surface area contributed by atoms with Crippen molar-refractivity contribution in [2.24, 2.45) is 0 Å². The molecule has 1 aliphatic rings. The second-order valence-corrected chi connectivity index (χ2v) is 4.96. The van der Waals surface area contributed by atoms with Crippen molar-refractivity contribution in [2.45, 2.75) is 6.10 Å². The van der Waals surface area contributed by atoms with E-state index in [4.69, 9.17) is 9.47 Å². The fraction of sp³-hybridized carbons (Fsp3) is 0.357. The van der Waals surface area contributed by atoms with Gasteiger partial charge in [0.05, 0.1) is 30.8 Å². The molecule has 0 bridgehead atoms. The molecule has 0 spiro atoms. The molecule has 2 heterocycles. The van der Waals surface area contributed by atoms with Crippen LogP contribution in [0.3, 0.4) is 0 Å². The van der Waals surface area contributed by atoms with E-state index in [2.05, 4.69) is 10.3 Å². The van der Waals surface area contributed by atoms with Gasteiger partial charge in [0, 0.05) is 18.0 Å². The van der Waals surface area contributed by atoms with Crippen LogP contribution in [0.4, 0.5) is 5.69 Å². The lowest BCUT2D eigenvalue weighted by molar-refractivity contribution is -0.383. The second kappa shape index (κ2) is 6.12. The number of fused-ring (bicyclic) bond motifs is 1. The van der Waals surface area contributed by atoms with Gasteiger partial charge in [-0.15, -0.1) is 0 Å². The van der Waals surface area contributed by atoms with Crippen LogP contribution < -0.4 is 5.32 Å². The zero-order valence-corrected chi connectivity index (χ0v) is 11.7. The summed E-state index contributed by atoms with van der Waals surface area (Å²) in [5, 5.41) is 14.3. The van der Waals surface area contributed by atoms with Crippen molar-refractivity contribution in [1.29, 1.82) is 0 Å². The Morgan fingerprint density at radius 1 is 1.45 bits per heavy atom. The molecule has 1 aromatic carbocycles. The molecule has 1 saturated heterocycles. The first-order valence-electron chi connectivity index (χ1n) is 6.89. The Labute approximate surface area is 125 Å². The summed E-state index contributed by atoms with van der Waals surface area (Å²) in [6, 6.07) is 6.29. The number of carbonyl (C=O) groups is 1. The maximum Gasteiger partial charge on any atom is 0.293 e. The van der Waals surface area contributed by atoms with Gasteiger partial charge in [-0.05, 0) is 6.07 Å². The lowest BCUT2D eigenvalue weighted by atomic mass is 10.2. The highest BCUT2D eigenvalue weighted by Crippen LogP contribution is 2.25. The molecule has 1 amide bonds. The lowest BCUT2D eigenvalue weighted by Crippen LogP contribution is -2.39. The number of amides is 1. The smallest absolute Gasteiger partial charge is 0.293 e. The van der Waals surface area contributed by atoms with Gasteiger partial charge in [0.2, 0.25) is 0 Å². The third-order valence-electron chi connectivity index (χ3n) is 3.45. The van der Waals surface area contributed by atoms with E-state index >= 15 is 0 Å². The number of aromatic nitrogens is 1. The summed E-state index contributed by atoms with van der Waals surface area (Å²) < 4.78 is 10.7. The molecule has 1 aromatic heterocycles. The van der Waals surface area contributed by atoms with Crippen molar-refractivity contribution in [3.05, 3.63) is 40.1 Å². The molecule has 0 saturated carbocycles. The maximum atomic E-state index is 12.1. The molecule has 8 nitrogen and oxygen atoms in total. The van der Waals surface area contributed by atoms with Crippen LogP contribution in [0.5, 0.6) is 0 Å². The van der Waals surface area contributed by atoms with Crippen molar-refractivity contribution >= 4 is 22.5 Å². The lowest BCUT2D eigenvalue weighted by Gasteiger charge is -2.22. The number of aromatic amines is 1. The maximum absolute atomic E-state index is 12.1. The molecule has 22 heavy (non-hydrogen) atoms. The monoisotopic (exact) mass is 305 g/mol. The number of non-ortho nitro benzene ring substituents is 1. The number of ether oxygens (including phenoxy) is 2. The molecule has 2 aromatic rings. The van der Waals surface area contributed by atoms with Crippen LogP contribution in [0.15, 0.2) is 24.3 Å². The van der Waals surface area contributed by atoms with E-state index in [9.17, 15) is 14.9 Å². The fourth-order valence-corrected chi connectivity index (χ4v) is 2.37. The minimum Gasteiger partial charge on any atom is -0.376 e. The van der Waals surface area contributed by atoms with Gasteiger partial charge >= 0.3 is 0 Å². The molecule has 1 aliphatic heterocycles. The summed E-state index contributed by atoms with van der Waals surface area (Å²) >= 11 is 0. The minimum absolute atomic E-state index is 0.0550. The van der Waals surface area contributed by atoms with Crippen LogP contribution in [0.1, 0.15) is 10.5 Å². The first kappa shape index (κ1) is 14.5. The number of hydrogen-bond acceptors (Lipinski definition) is 5. The highest BCUT2D eigenvalue weighted by atomic mass is 16.6. The van der Waals surface area contributed by atoms with E-state index in [0.29, 0.717) is 37.3 Å². The number of nitro groups is 1. The minimum atomic E-state index is -0.478. The fourth-order valence-electron chi connectivity index (χ4n) is 2.37. The molecule has 3 rings (SSSR count). The van der Waals surface area contributed by atoms with Gasteiger partial charge in [-0.25, -0.2) is 0 Å². The molecule has 1 fully saturated rings. The van der Waals surface area contributed by atoms with E-state index < -0.39 is 4.92 Å². The molecule has 1 atom stereocenters. The third kappa shape index (κ3) is 2.92. The third-order valence-corrected chi connectivity index (χ3v) is 3.45. The number of H-pyrrole nitrogens is 1. The number of nitrogens with one attached hydrogen (secondary N) is 2. The largest absolute Gasteiger partial charge is 0.376 e. The molecule has 116 valence electrons. The SMILES string of the molecule is O=C(NC[C@H]1COCCO1)c1cc2cccc([N+](=O)[O-])c2[nH]1. The molecule has 8 heteroatoms. The van der Waals surface area contributed by atoms with E-state index in [0.717, 1.165) is 0 Å². The van der Waals surface area contributed by atoms with Crippen molar-refractivity contribution in [3.8, 4) is 0 Å². The van der Waals surface area contributed by atoms with Gasteiger partial charge in [0.1, 0.15) is 11.2 Å². The van der Waals surface area contributed by atoms with Gasteiger partial charge < -0.3 is 19.8 Å². The topological polar surface area (TPSA) is 106 Å². The Hall–Kier alpha value is -2.45. The van der Waals surface area contributed by atoms with Crippen LogP contribution in [0.25, 0.3) is 10.9 Å². The number of benzene rings is 1. The zero-order chi connectivity index (χ0) is 15.5. The van der Waals surface area contributed by atoms with Crippen LogP contribution in [-0.2, 0) is 9.47 Å². The van der Waals surface area contributed by atoms with Gasteiger partial charge in [-0.2, -0.15) is 0 Å². The van der Waals surface area contributed by atoms with Crippen molar-refractivity contribution in [1.82, 2.24) is 10.3 Å². The van der Waals surface area contributed by atoms with E-state index in [1.807, 2.05) is 0 Å². The zero-order valence-electron chi connectivity index (χ0n) is 11.7. The summed E-state index contributed by atoms with van der Waals surface area (Å²) in [5.74, 6) is -0.334. The number of nitro benzene ring substituents is 1. The van der Waals surface area contributed by atoms with Crippen LogP contribution in [0, 0.1) is 10.1 Å². The van der Waals surface area contributed by atoms with Gasteiger partial charge in [-0.3, -0.25) is 14.9 Å². The van der Waals surface area contributed by atoms with Gasteiger partial charge in [0.15, 0.2) is 0 Å². The Bertz CT molecular complexity index is 706.